The summed E-state index contributed by atoms with van der Waals surface area (Å²) in [5, 5.41) is 4.42. The van der Waals surface area contributed by atoms with E-state index in [0.717, 1.165) is 49.9 Å². The molecule has 2 aliphatic heterocycles. The van der Waals surface area contributed by atoms with E-state index in [1.165, 1.54) is 12.0 Å². The molecule has 0 radical (unpaired) electrons. The molecule has 1 atom stereocenters. The van der Waals surface area contributed by atoms with E-state index in [1.54, 1.807) is 4.68 Å². The number of likely N-dealkylation sites (tertiary alicyclic amines) is 2. The average Bonchev–Trinajstić information content (AvgIpc) is 3.14. The van der Waals surface area contributed by atoms with Gasteiger partial charge in [-0.2, -0.15) is 5.10 Å². The van der Waals surface area contributed by atoms with Crippen LogP contribution in [0.15, 0.2) is 30.6 Å². The molecule has 32 heavy (non-hydrogen) atoms. The second-order valence-electron chi connectivity index (χ2n) is 9.81. The molecule has 0 aromatic carbocycles. The van der Waals surface area contributed by atoms with Gasteiger partial charge in [-0.3, -0.25) is 19.3 Å². The van der Waals surface area contributed by atoms with Crippen LogP contribution in [0.25, 0.3) is 0 Å². The Bertz CT molecular complexity index is 987. The third kappa shape index (κ3) is 3.51. The molecule has 0 bridgehead atoms. The van der Waals surface area contributed by atoms with Gasteiger partial charge in [0.1, 0.15) is 6.54 Å². The summed E-state index contributed by atoms with van der Waals surface area (Å²) in [7, 11) is 0. The zero-order valence-electron chi connectivity index (χ0n) is 19.2. The van der Waals surface area contributed by atoms with Crippen LogP contribution < -0.4 is 0 Å². The maximum Gasteiger partial charge on any atom is 0.244 e. The number of carbonyl (C=O) groups excluding carboxylic acids is 2. The summed E-state index contributed by atoms with van der Waals surface area (Å²) in [5.41, 5.74) is 2.94. The molecule has 7 nitrogen and oxygen atoms in total. The molecule has 2 amide bonds. The summed E-state index contributed by atoms with van der Waals surface area (Å²) in [6.07, 6.45) is 10.9. The molecule has 5 rings (SSSR count). The van der Waals surface area contributed by atoms with E-state index in [2.05, 4.69) is 27.1 Å². The smallest absolute Gasteiger partial charge is 0.244 e. The minimum Gasteiger partial charge on any atom is -0.341 e. The fourth-order valence-electron chi connectivity index (χ4n) is 6.22. The van der Waals surface area contributed by atoms with Gasteiger partial charge in [-0.15, -0.1) is 0 Å². The van der Waals surface area contributed by atoms with Crippen molar-refractivity contribution in [3.05, 3.63) is 47.5 Å². The quantitative estimate of drug-likeness (QED) is 0.690. The zero-order valence-corrected chi connectivity index (χ0v) is 19.2. The number of amides is 2. The number of carbonyl (C=O) groups is 2. The zero-order chi connectivity index (χ0) is 22.3. The maximum absolute atomic E-state index is 13.5. The van der Waals surface area contributed by atoms with Crippen LogP contribution in [-0.2, 0) is 16.1 Å². The second kappa shape index (κ2) is 8.34. The highest BCUT2D eigenvalue weighted by Crippen LogP contribution is 2.59. The van der Waals surface area contributed by atoms with Crippen molar-refractivity contribution in [2.45, 2.75) is 77.4 Å². The first-order chi connectivity index (χ1) is 15.5. The number of aryl methyl sites for hydroxylation is 2. The van der Waals surface area contributed by atoms with Crippen LogP contribution in [-0.4, -0.2) is 55.5 Å². The Balaban J connectivity index is 1.27. The summed E-state index contributed by atoms with van der Waals surface area (Å²) in [6, 6.07) is 6.50. The molecule has 2 aromatic heterocycles. The Kier molecular flexibility index (Phi) is 5.51. The minimum absolute atomic E-state index is 0.110. The highest BCUT2D eigenvalue weighted by molar-refractivity contribution is 5.91. The van der Waals surface area contributed by atoms with Crippen molar-refractivity contribution >= 4 is 11.8 Å². The lowest BCUT2D eigenvalue weighted by Gasteiger charge is -2.61. The van der Waals surface area contributed by atoms with Gasteiger partial charge in [-0.1, -0.05) is 19.3 Å². The predicted octanol–water partition coefficient (Wildman–Crippen LogP) is 3.42. The Morgan fingerprint density at radius 1 is 1.09 bits per heavy atom. The maximum atomic E-state index is 13.5. The van der Waals surface area contributed by atoms with Crippen molar-refractivity contribution < 1.29 is 9.59 Å². The highest BCUT2D eigenvalue weighted by atomic mass is 16.2. The van der Waals surface area contributed by atoms with E-state index in [-0.39, 0.29) is 30.0 Å². The molecule has 1 unspecified atom stereocenters. The molecule has 170 valence electrons. The SMILES string of the molecule is Cc1cc(C)n(CC(=O)N2CCC(N3C(=O)C4(CCCCC4)C3c3ccncc3)CC2)n1. The highest BCUT2D eigenvalue weighted by Gasteiger charge is 2.62. The summed E-state index contributed by atoms with van der Waals surface area (Å²) in [6.45, 7) is 5.61. The van der Waals surface area contributed by atoms with Gasteiger partial charge in [-0.05, 0) is 63.3 Å². The molecular weight excluding hydrogens is 402 g/mol. The summed E-state index contributed by atoms with van der Waals surface area (Å²) in [4.78, 5) is 34.7. The number of pyridine rings is 1. The number of β-lactam (4-membered cyclic amide) rings is 1. The topological polar surface area (TPSA) is 71.3 Å². The van der Waals surface area contributed by atoms with Crippen LogP contribution in [0, 0.1) is 19.3 Å². The van der Waals surface area contributed by atoms with Crippen molar-refractivity contribution in [1.29, 1.82) is 0 Å². The van der Waals surface area contributed by atoms with Gasteiger partial charge < -0.3 is 9.80 Å². The summed E-state index contributed by atoms with van der Waals surface area (Å²) in [5.74, 6) is 0.449. The summed E-state index contributed by atoms with van der Waals surface area (Å²) < 4.78 is 1.79. The molecule has 2 aromatic rings. The van der Waals surface area contributed by atoms with E-state index in [9.17, 15) is 9.59 Å². The lowest BCUT2D eigenvalue weighted by molar-refractivity contribution is -0.186. The van der Waals surface area contributed by atoms with E-state index < -0.39 is 0 Å². The first-order valence-corrected chi connectivity index (χ1v) is 12.0. The molecule has 0 N–H and O–H groups in total. The van der Waals surface area contributed by atoms with E-state index in [4.69, 9.17) is 0 Å². The minimum atomic E-state index is -0.220. The number of nitrogens with zero attached hydrogens (tertiary/aromatic N) is 5. The third-order valence-electron chi connectivity index (χ3n) is 7.83. The van der Waals surface area contributed by atoms with Gasteiger partial charge in [0.25, 0.3) is 0 Å². The molecule has 1 aliphatic carbocycles. The van der Waals surface area contributed by atoms with Crippen LogP contribution in [0.5, 0.6) is 0 Å². The molecule has 4 heterocycles. The van der Waals surface area contributed by atoms with Crippen LogP contribution in [0.4, 0.5) is 0 Å². The molecule has 1 spiro atoms. The molecule has 2 saturated heterocycles. The van der Waals surface area contributed by atoms with Crippen molar-refractivity contribution in [1.82, 2.24) is 24.6 Å². The van der Waals surface area contributed by atoms with Crippen molar-refractivity contribution in [3.63, 3.8) is 0 Å². The van der Waals surface area contributed by atoms with Gasteiger partial charge in [0.15, 0.2) is 0 Å². The normalized spacial score (nSPS) is 23.4. The van der Waals surface area contributed by atoms with Gasteiger partial charge in [-0.25, -0.2) is 0 Å². The molecule has 7 heteroatoms. The average molecular weight is 436 g/mol. The lowest BCUT2D eigenvalue weighted by atomic mass is 9.59. The Hall–Kier alpha value is -2.70. The third-order valence-corrected chi connectivity index (χ3v) is 7.83. The van der Waals surface area contributed by atoms with E-state index >= 15 is 0 Å². The van der Waals surface area contributed by atoms with E-state index in [1.807, 2.05) is 37.2 Å². The Labute approximate surface area is 189 Å². The van der Waals surface area contributed by atoms with Crippen LogP contribution >= 0.6 is 0 Å². The van der Waals surface area contributed by atoms with Crippen molar-refractivity contribution in [2.24, 2.45) is 5.41 Å². The fraction of sp³-hybridized carbons (Fsp3) is 0.600. The van der Waals surface area contributed by atoms with Gasteiger partial charge in [0.05, 0.1) is 17.2 Å². The lowest BCUT2D eigenvalue weighted by Crippen LogP contribution is -2.67. The van der Waals surface area contributed by atoms with Crippen LogP contribution in [0.2, 0.25) is 0 Å². The summed E-state index contributed by atoms with van der Waals surface area (Å²) >= 11 is 0. The first-order valence-electron chi connectivity index (χ1n) is 12.0. The van der Waals surface area contributed by atoms with Crippen molar-refractivity contribution in [2.75, 3.05) is 13.1 Å². The largest absolute Gasteiger partial charge is 0.341 e. The van der Waals surface area contributed by atoms with Crippen LogP contribution in [0.3, 0.4) is 0 Å². The number of hydrogen-bond acceptors (Lipinski definition) is 4. The number of aromatic nitrogens is 3. The predicted molar refractivity (Wildman–Crippen MR) is 121 cm³/mol. The number of piperidine rings is 1. The van der Waals surface area contributed by atoms with E-state index in [0.29, 0.717) is 19.0 Å². The molecule has 1 saturated carbocycles. The number of hydrogen-bond donors (Lipinski definition) is 0. The van der Waals surface area contributed by atoms with Gasteiger partial charge in [0, 0.05) is 37.2 Å². The van der Waals surface area contributed by atoms with Crippen LogP contribution in [0.1, 0.15) is 67.9 Å². The second-order valence-corrected chi connectivity index (χ2v) is 9.81. The van der Waals surface area contributed by atoms with Gasteiger partial charge in [0.2, 0.25) is 11.8 Å². The monoisotopic (exact) mass is 435 g/mol. The Morgan fingerprint density at radius 2 is 1.78 bits per heavy atom. The molecule has 3 fully saturated rings. The first kappa shape index (κ1) is 21.2. The molecular formula is C25H33N5O2. The fourth-order valence-corrected chi connectivity index (χ4v) is 6.22. The standard InChI is InChI=1S/C25H33N5O2/c1-18-16-19(2)29(27-18)17-22(31)28-14-8-21(9-15-28)30-23(20-6-12-26-13-7-20)25(24(30)32)10-4-3-5-11-25/h6-7,12-13,16,21,23H,3-5,8-11,14-15,17H2,1-2H3. The van der Waals surface area contributed by atoms with Crippen molar-refractivity contribution in [3.8, 4) is 0 Å². The number of rotatable bonds is 4. The Morgan fingerprint density at radius 3 is 2.41 bits per heavy atom. The van der Waals surface area contributed by atoms with Gasteiger partial charge >= 0.3 is 0 Å². The molecule has 3 aliphatic rings.